The molecule has 1 aromatic heterocycles. The van der Waals surface area contributed by atoms with Gasteiger partial charge in [0.1, 0.15) is 23.4 Å². The highest BCUT2D eigenvalue weighted by Gasteiger charge is 2.22. The number of thiophene rings is 1. The Kier molecular flexibility index (Phi) is 5.14. The normalized spacial score (nSPS) is 13.0. The molecule has 0 spiro atoms. The summed E-state index contributed by atoms with van der Waals surface area (Å²) in [5.41, 5.74) is 7.66. The van der Waals surface area contributed by atoms with E-state index in [0.717, 1.165) is 31.2 Å². The van der Waals surface area contributed by atoms with Gasteiger partial charge in [-0.05, 0) is 49.4 Å². The van der Waals surface area contributed by atoms with Gasteiger partial charge < -0.3 is 15.8 Å². The van der Waals surface area contributed by atoms with E-state index in [9.17, 15) is 10.1 Å². The number of nitrogens with two attached hydrogens (primary N) is 1. The van der Waals surface area contributed by atoms with E-state index in [1.807, 2.05) is 0 Å². The summed E-state index contributed by atoms with van der Waals surface area (Å²) in [7, 11) is 0. The fraction of sp³-hybridized carbons (Fsp3) is 0.333. The molecular formula is C18H19N3O2S. The van der Waals surface area contributed by atoms with Gasteiger partial charge >= 0.3 is 0 Å². The quantitative estimate of drug-likeness (QED) is 0.875. The number of nitrogens with zero attached hydrogens (tertiary/aromatic N) is 1. The summed E-state index contributed by atoms with van der Waals surface area (Å²) in [6, 6.07) is 9.23. The summed E-state index contributed by atoms with van der Waals surface area (Å²) in [6.07, 6.45) is 4.17. The molecule has 0 bridgehead atoms. The Balaban J connectivity index is 1.80. The maximum atomic E-state index is 12.5. The van der Waals surface area contributed by atoms with E-state index in [1.165, 1.54) is 16.2 Å². The third-order valence-electron chi connectivity index (χ3n) is 3.99. The van der Waals surface area contributed by atoms with E-state index < -0.39 is 0 Å². The van der Waals surface area contributed by atoms with Crippen LogP contribution in [-0.4, -0.2) is 19.1 Å². The lowest BCUT2D eigenvalue weighted by Gasteiger charge is -2.09. The molecule has 1 aliphatic rings. The number of nitrogens with one attached hydrogen (secondary N) is 1. The number of fused-ring (bicyclic) bond motifs is 1. The number of aryl methyl sites for hydroxylation is 1. The van der Waals surface area contributed by atoms with Gasteiger partial charge in [0, 0.05) is 17.0 Å². The first-order valence-electron chi connectivity index (χ1n) is 8.02. The molecule has 0 saturated carbocycles. The van der Waals surface area contributed by atoms with Gasteiger partial charge in [0.25, 0.3) is 5.91 Å². The smallest absolute Gasteiger partial charge is 0.256 e. The van der Waals surface area contributed by atoms with Gasteiger partial charge in [-0.1, -0.05) is 6.07 Å². The number of nitriles is 1. The zero-order valence-corrected chi connectivity index (χ0v) is 14.1. The Morgan fingerprint density at radius 3 is 3.00 bits per heavy atom. The molecule has 0 unspecified atom stereocenters. The number of rotatable bonds is 5. The Morgan fingerprint density at radius 2 is 2.21 bits per heavy atom. The van der Waals surface area contributed by atoms with Gasteiger partial charge in [0.05, 0.1) is 5.56 Å². The van der Waals surface area contributed by atoms with Crippen LogP contribution >= 0.6 is 11.3 Å². The average molecular weight is 341 g/mol. The van der Waals surface area contributed by atoms with Crippen LogP contribution in [0.4, 0.5) is 5.00 Å². The first kappa shape index (κ1) is 16.5. The second kappa shape index (κ2) is 7.47. The zero-order chi connectivity index (χ0) is 16.9. The Hall–Kier alpha value is -2.36. The molecule has 0 atom stereocenters. The van der Waals surface area contributed by atoms with Crippen molar-refractivity contribution in [3.63, 3.8) is 0 Å². The Morgan fingerprint density at radius 1 is 1.38 bits per heavy atom. The van der Waals surface area contributed by atoms with Crippen molar-refractivity contribution >= 4 is 22.2 Å². The topological polar surface area (TPSA) is 88.1 Å². The van der Waals surface area contributed by atoms with Crippen LogP contribution in [0.25, 0.3) is 0 Å². The van der Waals surface area contributed by atoms with Crippen molar-refractivity contribution in [3.8, 4) is 11.8 Å². The first-order chi connectivity index (χ1) is 11.7. The number of benzene rings is 1. The predicted molar refractivity (Wildman–Crippen MR) is 94.6 cm³/mol. The van der Waals surface area contributed by atoms with Crippen LogP contribution in [0, 0.1) is 11.3 Å². The van der Waals surface area contributed by atoms with Crippen molar-refractivity contribution < 1.29 is 9.53 Å². The molecule has 2 aromatic rings. The van der Waals surface area contributed by atoms with Gasteiger partial charge in [-0.2, -0.15) is 5.26 Å². The summed E-state index contributed by atoms with van der Waals surface area (Å²) in [5.74, 6) is 0.377. The third kappa shape index (κ3) is 3.42. The molecule has 0 radical (unpaired) electrons. The number of hydrogen-bond acceptors (Lipinski definition) is 5. The van der Waals surface area contributed by atoms with Crippen LogP contribution in [0.2, 0.25) is 0 Å². The maximum absolute atomic E-state index is 12.5. The predicted octanol–water partition coefficient (Wildman–Crippen LogP) is 3.09. The molecule has 1 heterocycles. The van der Waals surface area contributed by atoms with Crippen molar-refractivity contribution in [1.29, 1.82) is 5.26 Å². The monoisotopic (exact) mass is 341 g/mol. The van der Waals surface area contributed by atoms with Crippen LogP contribution in [0.15, 0.2) is 24.3 Å². The third-order valence-corrected chi connectivity index (χ3v) is 5.20. The number of hydrogen-bond donors (Lipinski definition) is 2. The molecule has 1 aromatic carbocycles. The molecule has 6 heteroatoms. The van der Waals surface area contributed by atoms with Gasteiger partial charge in [-0.15, -0.1) is 11.3 Å². The van der Waals surface area contributed by atoms with Crippen molar-refractivity contribution in [2.75, 3.05) is 18.5 Å². The molecular weight excluding hydrogens is 322 g/mol. The molecule has 0 saturated heterocycles. The fourth-order valence-corrected chi connectivity index (χ4v) is 4.09. The van der Waals surface area contributed by atoms with Crippen LogP contribution in [0.3, 0.4) is 0 Å². The van der Waals surface area contributed by atoms with Crippen molar-refractivity contribution in [2.45, 2.75) is 25.7 Å². The number of carbonyl (C=O) groups excluding carboxylic acids is 1. The summed E-state index contributed by atoms with van der Waals surface area (Å²) in [5, 5.41) is 13.0. The minimum absolute atomic E-state index is 0.233. The highest BCUT2D eigenvalue weighted by molar-refractivity contribution is 7.16. The summed E-state index contributed by atoms with van der Waals surface area (Å²) in [6.45, 7) is 0.823. The van der Waals surface area contributed by atoms with Gasteiger partial charge in [0.15, 0.2) is 0 Å². The number of carbonyl (C=O) groups is 1. The van der Waals surface area contributed by atoms with E-state index in [0.29, 0.717) is 35.0 Å². The van der Waals surface area contributed by atoms with Gasteiger partial charge in [0.2, 0.25) is 0 Å². The largest absolute Gasteiger partial charge is 0.492 e. The molecule has 124 valence electrons. The van der Waals surface area contributed by atoms with E-state index in [4.69, 9.17) is 10.5 Å². The van der Waals surface area contributed by atoms with Crippen molar-refractivity contribution in [3.05, 3.63) is 45.8 Å². The van der Waals surface area contributed by atoms with E-state index in [1.54, 1.807) is 24.3 Å². The number of ether oxygens (including phenoxy) is 1. The maximum Gasteiger partial charge on any atom is 0.256 e. The standard InChI is InChI=1S/C18H19N3O2S/c19-8-9-23-13-5-3-4-12(10-13)17(22)21-18-15(11-20)14-6-1-2-7-16(14)24-18/h3-5,10H,1-2,6-9,19H2,(H,21,22). The van der Waals surface area contributed by atoms with Gasteiger partial charge in [-0.3, -0.25) is 4.79 Å². The lowest BCUT2D eigenvalue weighted by molar-refractivity contribution is 0.102. The molecule has 3 N–H and O–H groups in total. The molecule has 3 rings (SSSR count). The van der Waals surface area contributed by atoms with Crippen LogP contribution in [0.1, 0.15) is 39.2 Å². The Bertz CT molecular complexity index is 792. The van der Waals surface area contributed by atoms with E-state index in [2.05, 4.69) is 11.4 Å². The van der Waals surface area contributed by atoms with E-state index >= 15 is 0 Å². The lowest BCUT2D eigenvalue weighted by atomic mass is 9.96. The lowest BCUT2D eigenvalue weighted by Crippen LogP contribution is -2.13. The summed E-state index contributed by atoms with van der Waals surface area (Å²) < 4.78 is 5.45. The SMILES string of the molecule is N#Cc1c(NC(=O)c2cccc(OCCN)c2)sc2c1CCCC2. The van der Waals surface area contributed by atoms with Crippen molar-refractivity contribution in [2.24, 2.45) is 5.73 Å². The molecule has 0 fully saturated rings. The highest BCUT2D eigenvalue weighted by Crippen LogP contribution is 2.37. The number of amides is 1. The first-order valence-corrected chi connectivity index (χ1v) is 8.83. The minimum Gasteiger partial charge on any atom is -0.492 e. The second-order valence-electron chi connectivity index (χ2n) is 5.65. The number of anilines is 1. The second-order valence-corrected chi connectivity index (χ2v) is 6.75. The molecule has 1 aliphatic carbocycles. The highest BCUT2D eigenvalue weighted by atomic mass is 32.1. The van der Waals surface area contributed by atoms with E-state index in [-0.39, 0.29) is 5.91 Å². The van der Waals surface area contributed by atoms with Crippen LogP contribution < -0.4 is 15.8 Å². The zero-order valence-electron chi connectivity index (χ0n) is 13.3. The summed E-state index contributed by atoms with van der Waals surface area (Å²) in [4.78, 5) is 13.8. The van der Waals surface area contributed by atoms with Gasteiger partial charge in [-0.25, -0.2) is 0 Å². The summed E-state index contributed by atoms with van der Waals surface area (Å²) >= 11 is 1.53. The minimum atomic E-state index is -0.233. The van der Waals surface area contributed by atoms with Crippen LogP contribution in [0.5, 0.6) is 5.75 Å². The average Bonchev–Trinajstić information content (AvgIpc) is 2.97. The molecule has 0 aliphatic heterocycles. The van der Waals surface area contributed by atoms with Crippen LogP contribution in [-0.2, 0) is 12.8 Å². The molecule has 24 heavy (non-hydrogen) atoms. The molecule has 5 nitrogen and oxygen atoms in total. The van der Waals surface area contributed by atoms with Crippen molar-refractivity contribution in [1.82, 2.24) is 0 Å². The molecule has 1 amide bonds. The fourth-order valence-electron chi connectivity index (χ4n) is 2.85. The Labute approximate surface area is 145 Å².